The molecule has 0 radical (unpaired) electrons. The van der Waals surface area contributed by atoms with Crippen molar-refractivity contribution in [2.75, 3.05) is 7.11 Å². The number of phenols is 2. The molecule has 0 aliphatic heterocycles. The van der Waals surface area contributed by atoms with Gasteiger partial charge in [-0.1, -0.05) is 18.2 Å². The largest absolute Gasteiger partial charge is 0.507 e. The molecule has 2 N–H and O–H groups in total. The summed E-state index contributed by atoms with van der Waals surface area (Å²) in [5, 5.41) is 19.3. The summed E-state index contributed by atoms with van der Waals surface area (Å²) in [5.41, 5.74) is 1.85. The summed E-state index contributed by atoms with van der Waals surface area (Å²) in [7, 11) is 1.46. The zero-order chi connectivity index (χ0) is 15.4. The maximum atomic E-state index is 12.0. The summed E-state index contributed by atoms with van der Waals surface area (Å²) in [6, 6.07) is 9.68. The van der Waals surface area contributed by atoms with Gasteiger partial charge in [-0.25, -0.2) is 0 Å². The number of carbonyl (C=O) groups is 1. The molecule has 0 saturated carbocycles. The number of aryl methyl sites for hydroxylation is 1. The van der Waals surface area contributed by atoms with Crippen LogP contribution in [0.4, 0.5) is 0 Å². The Morgan fingerprint density at radius 3 is 2.52 bits per heavy atom. The maximum absolute atomic E-state index is 12.0. The second-order valence-corrected chi connectivity index (χ2v) is 4.65. The van der Waals surface area contributed by atoms with Crippen molar-refractivity contribution in [3.05, 3.63) is 59.2 Å². The van der Waals surface area contributed by atoms with Crippen LogP contribution in [0, 0.1) is 6.92 Å². The summed E-state index contributed by atoms with van der Waals surface area (Å²) in [4.78, 5) is 12.0. The number of ether oxygens (including phenoxy) is 1. The van der Waals surface area contributed by atoms with Crippen LogP contribution in [0.1, 0.15) is 21.5 Å². The van der Waals surface area contributed by atoms with Crippen molar-refractivity contribution in [1.82, 2.24) is 0 Å². The summed E-state index contributed by atoms with van der Waals surface area (Å²) in [6.07, 6.45) is 2.97. The van der Waals surface area contributed by atoms with Crippen molar-refractivity contribution in [2.45, 2.75) is 6.92 Å². The van der Waals surface area contributed by atoms with E-state index in [0.29, 0.717) is 11.3 Å². The van der Waals surface area contributed by atoms with E-state index in [9.17, 15) is 15.0 Å². The van der Waals surface area contributed by atoms with Crippen LogP contribution >= 0.6 is 0 Å². The van der Waals surface area contributed by atoms with Crippen molar-refractivity contribution in [3.8, 4) is 17.2 Å². The Morgan fingerprint density at radius 1 is 1.10 bits per heavy atom. The lowest BCUT2D eigenvalue weighted by molar-refractivity contribution is 0.104. The first-order chi connectivity index (χ1) is 10.0. The average molecular weight is 284 g/mol. The summed E-state index contributed by atoms with van der Waals surface area (Å²) < 4.78 is 5.00. The Hall–Kier alpha value is -2.75. The second-order valence-electron chi connectivity index (χ2n) is 4.65. The van der Waals surface area contributed by atoms with Crippen LogP contribution in [-0.2, 0) is 0 Å². The van der Waals surface area contributed by atoms with Crippen molar-refractivity contribution in [3.63, 3.8) is 0 Å². The van der Waals surface area contributed by atoms with Crippen LogP contribution in [0.2, 0.25) is 0 Å². The van der Waals surface area contributed by atoms with Crippen LogP contribution < -0.4 is 4.74 Å². The van der Waals surface area contributed by atoms with E-state index < -0.39 is 0 Å². The van der Waals surface area contributed by atoms with E-state index in [1.165, 1.54) is 19.3 Å². The molecule has 0 amide bonds. The van der Waals surface area contributed by atoms with Gasteiger partial charge in [0.15, 0.2) is 17.3 Å². The molecule has 2 rings (SSSR count). The minimum Gasteiger partial charge on any atom is -0.507 e. The summed E-state index contributed by atoms with van der Waals surface area (Å²) in [5.74, 6) is 0.0485. The highest BCUT2D eigenvalue weighted by atomic mass is 16.5. The molecule has 0 fully saturated rings. The monoisotopic (exact) mass is 284 g/mol. The third-order valence-electron chi connectivity index (χ3n) is 3.05. The van der Waals surface area contributed by atoms with Gasteiger partial charge in [-0.05, 0) is 48.4 Å². The van der Waals surface area contributed by atoms with Gasteiger partial charge in [0.05, 0.1) is 12.7 Å². The summed E-state index contributed by atoms with van der Waals surface area (Å²) in [6.45, 7) is 1.84. The number of methoxy groups -OCH3 is 1. The molecule has 0 aromatic heterocycles. The Balaban J connectivity index is 2.22. The molecule has 2 aromatic rings. The molecule has 0 heterocycles. The Labute approximate surface area is 122 Å². The zero-order valence-electron chi connectivity index (χ0n) is 11.8. The Bertz CT molecular complexity index is 702. The molecule has 4 nitrogen and oxygen atoms in total. The molecule has 2 aromatic carbocycles. The smallest absolute Gasteiger partial charge is 0.189 e. The third-order valence-corrected chi connectivity index (χ3v) is 3.05. The topological polar surface area (TPSA) is 66.8 Å². The normalized spacial score (nSPS) is 10.8. The predicted molar refractivity (Wildman–Crippen MR) is 80.9 cm³/mol. The first-order valence-electron chi connectivity index (χ1n) is 6.40. The number of hydrogen-bond donors (Lipinski definition) is 2. The van der Waals surface area contributed by atoms with Crippen molar-refractivity contribution < 1.29 is 19.7 Å². The fraction of sp³-hybridized carbons (Fsp3) is 0.118. The average Bonchev–Trinajstić information content (AvgIpc) is 2.46. The van der Waals surface area contributed by atoms with Gasteiger partial charge in [0.1, 0.15) is 5.75 Å². The van der Waals surface area contributed by atoms with Crippen LogP contribution in [-0.4, -0.2) is 23.1 Å². The molecule has 0 aliphatic carbocycles. The number of benzene rings is 2. The van der Waals surface area contributed by atoms with Crippen LogP contribution in [0.5, 0.6) is 17.2 Å². The number of rotatable bonds is 4. The Kier molecular flexibility index (Phi) is 4.28. The second kappa shape index (κ2) is 6.13. The molecular weight excluding hydrogens is 268 g/mol. The minimum absolute atomic E-state index is 0.0343. The van der Waals surface area contributed by atoms with Gasteiger partial charge in [-0.15, -0.1) is 0 Å². The van der Waals surface area contributed by atoms with E-state index in [1.54, 1.807) is 36.4 Å². The Morgan fingerprint density at radius 2 is 1.86 bits per heavy atom. The van der Waals surface area contributed by atoms with Crippen molar-refractivity contribution in [2.24, 2.45) is 0 Å². The van der Waals surface area contributed by atoms with Gasteiger partial charge in [-0.3, -0.25) is 4.79 Å². The van der Waals surface area contributed by atoms with E-state index in [2.05, 4.69) is 0 Å². The SMILES string of the molecule is COc1cc(/C=C/C(=O)c2ccc(C)cc2O)ccc1O. The maximum Gasteiger partial charge on any atom is 0.189 e. The lowest BCUT2D eigenvalue weighted by atomic mass is 10.1. The highest BCUT2D eigenvalue weighted by Gasteiger charge is 2.08. The highest BCUT2D eigenvalue weighted by Crippen LogP contribution is 2.27. The van der Waals surface area contributed by atoms with Gasteiger partial charge >= 0.3 is 0 Å². The molecule has 0 saturated heterocycles. The van der Waals surface area contributed by atoms with Gasteiger partial charge in [0.25, 0.3) is 0 Å². The standard InChI is InChI=1S/C17H16O4/c1-11-3-6-13(16(20)9-11)14(18)7-4-12-5-8-15(19)17(10-12)21-2/h3-10,19-20H,1-2H3/b7-4+. The fourth-order valence-electron chi connectivity index (χ4n) is 1.91. The quantitative estimate of drug-likeness (QED) is 0.667. The predicted octanol–water partition coefficient (Wildman–Crippen LogP) is 3.31. The van der Waals surface area contributed by atoms with E-state index in [1.807, 2.05) is 6.92 Å². The van der Waals surface area contributed by atoms with Crippen molar-refractivity contribution in [1.29, 1.82) is 0 Å². The van der Waals surface area contributed by atoms with E-state index in [4.69, 9.17) is 4.74 Å². The van der Waals surface area contributed by atoms with Crippen molar-refractivity contribution >= 4 is 11.9 Å². The number of allylic oxidation sites excluding steroid dienone is 1. The lowest BCUT2D eigenvalue weighted by Crippen LogP contribution is -1.95. The van der Waals surface area contributed by atoms with Crippen LogP contribution in [0.15, 0.2) is 42.5 Å². The fourth-order valence-corrected chi connectivity index (χ4v) is 1.91. The van der Waals surface area contributed by atoms with Gasteiger partial charge in [-0.2, -0.15) is 0 Å². The molecule has 0 aliphatic rings. The number of aromatic hydroxyl groups is 2. The molecule has 0 atom stereocenters. The number of carbonyl (C=O) groups excluding carboxylic acids is 1. The third kappa shape index (κ3) is 3.42. The minimum atomic E-state index is -0.292. The number of hydrogen-bond acceptors (Lipinski definition) is 4. The highest BCUT2D eigenvalue weighted by molar-refractivity contribution is 6.08. The van der Waals surface area contributed by atoms with Gasteiger partial charge in [0, 0.05) is 0 Å². The molecule has 0 spiro atoms. The van der Waals surface area contributed by atoms with Crippen LogP contribution in [0.3, 0.4) is 0 Å². The van der Waals surface area contributed by atoms with E-state index >= 15 is 0 Å². The number of ketones is 1. The first-order valence-corrected chi connectivity index (χ1v) is 6.40. The number of phenolic OH excluding ortho intramolecular Hbond substituents is 2. The first kappa shape index (κ1) is 14.7. The van der Waals surface area contributed by atoms with Gasteiger partial charge in [0.2, 0.25) is 0 Å². The molecular formula is C17H16O4. The molecule has 0 unspecified atom stereocenters. The molecule has 0 bridgehead atoms. The van der Waals surface area contributed by atoms with E-state index in [0.717, 1.165) is 5.56 Å². The molecule has 4 heteroatoms. The zero-order valence-corrected chi connectivity index (χ0v) is 11.8. The summed E-state index contributed by atoms with van der Waals surface area (Å²) >= 11 is 0. The van der Waals surface area contributed by atoms with E-state index in [-0.39, 0.29) is 22.8 Å². The van der Waals surface area contributed by atoms with Crippen LogP contribution in [0.25, 0.3) is 6.08 Å². The molecule has 21 heavy (non-hydrogen) atoms. The molecule has 108 valence electrons. The van der Waals surface area contributed by atoms with Gasteiger partial charge < -0.3 is 14.9 Å². The lowest BCUT2D eigenvalue weighted by Gasteiger charge is -2.04.